The zero-order valence-corrected chi connectivity index (χ0v) is 19.8. The molecule has 2 aliphatic rings. The van der Waals surface area contributed by atoms with Gasteiger partial charge in [0.2, 0.25) is 0 Å². The van der Waals surface area contributed by atoms with E-state index in [9.17, 15) is 4.57 Å². The molecule has 0 aromatic heterocycles. The van der Waals surface area contributed by atoms with E-state index in [2.05, 4.69) is 41.5 Å². The molecule has 0 N–H and O–H groups in total. The largest absolute Gasteiger partial charge is 0.697 e. The molecule has 0 aromatic rings. The Hall–Kier alpha value is 0.0699. The van der Waals surface area contributed by atoms with E-state index in [0.29, 0.717) is 43.3 Å². The van der Waals surface area contributed by atoms with E-state index in [1.54, 1.807) is 0 Å². The van der Waals surface area contributed by atoms with Crippen LogP contribution < -0.4 is 0 Å². The highest BCUT2D eigenvalue weighted by molar-refractivity contribution is 7.33. The molecule has 2 heterocycles. The summed E-state index contributed by atoms with van der Waals surface area (Å²) >= 11 is 0. The summed E-state index contributed by atoms with van der Waals surface area (Å²) in [6.07, 6.45) is 2.74. The Kier molecular flexibility index (Phi) is 10.2. The fourth-order valence-corrected chi connectivity index (χ4v) is 5.22. The third kappa shape index (κ3) is 7.31. The van der Waals surface area contributed by atoms with Gasteiger partial charge in [-0.25, -0.2) is 0 Å². The molecule has 9 atom stereocenters. The molecule has 3 unspecified atom stereocenters. The second kappa shape index (κ2) is 11.6. The zero-order chi connectivity index (χ0) is 21.7. The van der Waals surface area contributed by atoms with Gasteiger partial charge >= 0.3 is 8.25 Å². The quantitative estimate of drug-likeness (QED) is 0.363. The van der Waals surface area contributed by atoms with Crippen LogP contribution in [0.4, 0.5) is 0 Å². The van der Waals surface area contributed by atoms with Gasteiger partial charge in [0.1, 0.15) is 28.9 Å². The molecular weight excluding hydrogens is 385 g/mol. The Morgan fingerprint density at radius 3 is 2.00 bits per heavy atom. The smallest absolute Gasteiger partial charge is 0.384 e. The fourth-order valence-electron chi connectivity index (χ4n) is 4.59. The first-order valence-corrected chi connectivity index (χ1v) is 12.2. The van der Waals surface area contributed by atoms with Gasteiger partial charge in [-0.3, -0.25) is 0 Å². The summed E-state index contributed by atoms with van der Waals surface area (Å²) < 4.78 is 35.0. The summed E-state index contributed by atoms with van der Waals surface area (Å²) in [6.45, 7) is 13.6. The predicted octanol–water partition coefficient (Wildman–Crippen LogP) is 4.45. The molecule has 0 spiro atoms. The number of ether oxygens (including phenoxy) is 2. The van der Waals surface area contributed by atoms with Crippen molar-refractivity contribution < 1.29 is 23.1 Å². The van der Waals surface area contributed by atoms with Crippen LogP contribution in [0.15, 0.2) is 0 Å². The van der Waals surface area contributed by atoms with Crippen LogP contribution in [-0.4, -0.2) is 53.1 Å². The van der Waals surface area contributed by atoms with E-state index in [1.165, 1.54) is 0 Å². The molecule has 2 aliphatic heterocycles. The molecule has 2 fully saturated rings. The Labute approximate surface area is 181 Å². The van der Waals surface area contributed by atoms with Gasteiger partial charge < -0.3 is 9.47 Å². The highest BCUT2D eigenvalue weighted by Gasteiger charge is 2.42. The first-order chi connectivity index (χ1) is 13.6. The summed E-state index contributed by atoms with van der Waals surface area (Å²) in [5, 5.41) is 0. The van der Waals surface area contributed by atoms with Crippen LogP contribution in [0, 0.1) is 35.5 Å². The monoisotopic (exact) mass is 423 g/mol. The topological polar surface area (TPSA) is 54.0 Å². The lowest BCUT2D eigenvalue weighted by Gasteiger charge is -2.22. The molecule has 29 heavy (non-hydrogen) atoms. The zero-order valence-electron chi connectivity index (χ0n) is 19.0. The van der Waals surface area contributed by atoms with E-state index in [4.69, 9.17) is 34.2 Å². The molecule has 0 aliphatic carbocycles. The van der Waals surface area contributed by atoms with Crippen molar-refractivity contribution in [2.45, 2.75) is 85.0 Å². The maximum absolute atomic E-state index is 12.2. The molecule has 0 amide bonds. The molecule has 5 nitrogen and oxygen atoms in total. The van der Waals surface area contributed by atoms with Crippen molar-refractivity contribution in [3.8, 4) is 0 Å². The van der Waals surface area contributed by atoms with Crippen molar-refractivity contribution in [1.29, 1.82) is 0 Å². The minimum absolute atomic E-state index is 0.0371. The highest BCUT2D eigenvalue weighted by atomic mass is 31.1. The molecule has 0 aromatic carbocycles. The molecule has 2 rings (SSSR count). The van der Waals surface area contributed by atoms with Crippen LogP contribution in [0.25, 0.3) is 0 Å². The third-order valence-corrected chi connectivity index (χ3v) is 7.18. The maximum atomic E-state index is 12.2. The summed E-state index contributed by atoms with van der Waals surface area (Å²) in [5.74, 6) is 2.10. The van der Waals surface area contributed by atoms with Crippen LogP contribution in [0.3, 0.4) is 0 Å². The van der Waals surface area contributed by atoms with Crippen molar-refractivity contribution in [3.05, 3.63) is 0 Å². The Morgan fingerprint density at radius 2 is 1.41 bits per heavy atom. The second-order valence-corrected chi connectivity index (χ2v) is 10.7. The number of rotatable bonds is 11. The van der Waals surface area contributed by atoms with Crippen LogP contribution in [0.1, 0.15) is 60.8 Å². The van der Waals surface area contributed by atoms with E-state index in [0.717, 1.165) is 12.8 Å². The van der Waals surface area contributed by atoms with Crippen LogP contribution in [-0.2, 0) is 23.1 Å². The summed E-state index contributed by atoms with van der Waals surface area (Å²) in [5.41, 5.74) is 0. The molecule has 0 saturated carbocycles. The lowest BCUT2D eigenvalue weighted by molar-refractivity contribution is 0.0411. The lowest BCUT2D eigenvalue weighted by atomic mass is 9.77. The molecule has 0 bridgehead atoms. The van der Waals surface area contributed by atoms with Crippen LogP contribution in [0.2, 0.25) is 0 Å². The molecule has 162 valence electrons. The van der Waals surface area contributed by atoms with Crippen LogP contribution >= 0.6 is 8.25 Å². The van der Waals surface area contributed by atoms with E-state index < -0.39 is 8.25 Å². The van der Waals surface area contributed by atoms with Gasteiger partial charge in [-0.2, -0.15) is 0 Å². The lowest BCUT2D eigenvalue weighted by Crippen LogP contribution is -2.25. The van der Waals surface area contributed by atoms with E-state index in [-0.39, 0.29) is 36.1 Å². The Balaban J connectivity index is 1.75. The SMILES string of the molecule is [B][C@@H]1O[C@H](CCO[P+](=O)OCC2[C@@H](CC(C)C)O[C@@H]([B])[C@H]2C)C(CC(C)C)[C@@H]1C. The van der Waals surface area contributed by atoms with Crippen molar-refractivity contribution in [2.75, 3.05) is 13.2 Å². The van der Waals surface area contributed by atoms with Crippen molar-refractivity contribution in [2.24, 2.45) is 35.5 Å². The van der Waals surface area contributed by atoms with Gasteiger partial charge in [-0.1, -0.05) is 41.5 Å². The first-order valence-electron chi connectivity index (χ1n) is 11.1. The Bertz CT molecular complexity index is 519. The molecule has 8 heteroatoms. The normalized spacial score (nSPS) is 38.3. The van der Waals surface area contributed by atoms with Gasteiger partial charge in [0.25, 0.3) is 0 Å². The Morgan fingerprint density at radius 1 is 0.862 bits per heavy atom. The maximum Gasteiger partial charge on any atom is 0.697 e. The first kappa shape index (κ1) is 25.3. The van der Waals surface area contributed by atoms with Gasteiger partial charge in [-0.05, 0) is 42.4 Å². The van der Waals surface area contributed by atoms with Crippen LogP contribution in [0.5, 0.6) is 0 Å². The van der Waals surface area contributed by atoms with E-state index in [1.807, 2.05) is 0 Å². The highest BCUT2D eigenvalue weighted by Crippen LogP contribution is 2.39. The van der Waals surface area contributed by atoms with Crippen molar-refractivity contribution >= 4 is 23.9 Å². The number of hydrogen-bond donors (Lipinski definition) is 0. The van der Waals surface area contributed by atoms with Crippen molar-refractivity contribution in [1.82, 2.24) is 0 Å². The molecule has 4 radical (unpaired) electrons. The third-order valence-electron chi connectivity index (χ3n) is 6.42. The average Bonchev–Trinajstić information content (AvgIpc) is 3.03. The van der Waals surface area contributed by atoms with Gasteiger partial charge in [-0.15, -0.1) is 9.05 Å². The summed E-state index contributed by atoms with van der Waals surface area (Å²) in [6, 6.07) is -0.533. The minimum atomic E-state index is -2.18. The van der Waals surface area contributed by atoms with Gasteiger partial charge in [0.05, 0.1) is 12.2 Å². The van der Waals surface area contributed by atoms with E-state index >= 15 is 0 Å². The summed E-state index contributed by atoms with van der Waals surface area (Å²) in [4.78, 5) is 0. The average molecular weight is 423 g/mol. The fraction of sp³-hybridized carbons (Fsp3) is 1.00. The van der Waals surface area contributed by atoms with Gasteiger partial charge in [0.15, 0.2) is 0 Å². The predicted molar refractivity (Wildman–Crippen MR) is 117 cm³/mol. The summed E-state index contributed by atoms with van der Waals surface area (Å²) in [7, 11) is 9.97. The molecular formula is C21H38B2O5P+. The minimum Gasteiger partial charge on any atom is -0.384 e. The second-order valence-electron chi connectivity index (χ2n) is 9.72. The van der Waals surface area contributed by atoms with Crippen molar-refractivity contribution in [3.63, 3.8) is 0 Å². The molecule has 2 saturated heterocycles. The standard InChI is InChI=1S/C21H38B2O5P/c1-12(2)9-16-14(5)20(22)27-18(16)7-8-25-29(24)26-11-17-15(6)21(23)28-19(17)10-13(3)4/h12-21H,7-11H2,1-6H3/q+1/t14-,15-,16?,17?,18+,19+,20+,21+/m0/s1. The van der Waals surface area contributed by atoms with Gasteiger partial charge in [0, 0.05) is 28.9 Å². The number of hydrogen-bond acceptors (Lipinski definition) is 5.